The van der Waals surface area contributed by atoms with Gasteiger partial charge in [-0.3, -0.25) is 4.79 Å². The van der Waals surface area contributed by atoms with Gasteiger partial charge in [-0.1, -0.05) is 0 Å². The van der Waals surface area contributed by atoms with E-state index in [1.807, 2.05) is 12.3 Å². The lowest BCUT2D eigenvalue weighted by Gasteiger charge is -2.33. The molecule has 5 heteroatoms. The molecule has 0 radical (unpaired) electrons. The topological polar surface area (TPSA) is 45.2 Å². The van der Waals surface area contributed by atoms with Crippen molar-refractivity contribution in [3.63, 3.8) is 0 Å². The van der Waals surface area contributed by atoms with Crippen LogP contribution in [0.4, 0.5) is 5.82 Å². The molecule has 1 aliphatic heterocycles. The molecule has 1 fully saturated rings. The Bertz CT molecular complexity index is 456. The van der Waals surface area contributed by atoms with E-state index in [0.29, 0.717) is 5.92 Å². The van der Waals surface area contributed by atoms with Gasteiger partial charge in [-0.2, -0.15) is 0 Å². The van der Waals surface area contributed by atoms with Gasteiger partial charge in [0.2, 0.25) is 5.91 Å². The number of nitrogens with zero attached hydrogens (tertiary/aromatic N) is 2. The van der Waals surface area contributed by atoms with Crippen molar-refractivity contribution in [1.29, 1.82) is 0 Å². The maximum Gasteiger partial charge on any atom is 0.216 e. The van der Waals surface area contributed by atoms with Crippen molar-refractivity contribution < 1.29 is 4.79 Å². The molecule has 2 heterocycles. The Morgan fingerprint density at radius 2 is 2.21 bits per heavy atom. The Kier molecular flexibility index (Phi) is 4.80. The molecule has 0 atom stereocenters. The van der Waals surface area contributed by atoms with Gasteiger partial charge in [0, 0.05) is 32.8 Å². The first-order valence-electron chi connectivity index (χ1n) is 6.68. The van der Waals surface area contributed by atoms with E-state index in [0.717, 1.165) is 42.8 Å². The third-order valence-corrected chi connectivity index (χ3v) is 4.60. The van der Waals surface area contributed by atoms with Crippen LogP contribution in [0, 0.1) is 12.8 Å². The molecule has 0 unspecified atom stereocenters. The Hall–Kier alpha value is -1.10. The Morgan fingerprint density at radius 3 is 2.84 bits per heavy atom. The standard InChI is InChI=1S/C14H20BrN3O/c1-10-3-6-16-14(13(10)15)18-7-4-12(5-8-18)9-17-11(2)19/h3,6,12H,4-5,7-9H2,1-2H3,(H,17,19). The molecule has 0 spiro atoms. The predicted octanol–water partition coefficient (Wildman–Crippen LogP) is 2.51. The third-order valence-electron chi connectivity index (χ3n) is 3.62. The molecule has 0 aromatic carbocycles. The van der Waals surface area contributed by atoms with Crippen molar-refractivity contribution in [2.24, 2.45) is 5.92 Å². The van der Waals surface area contributed by atoms with Crippen LogP contribution in [0.2, 0.25) is 0 Å². The van der Waals surface area contributed by atoms with Crippen molar-refractivity contribution in [2.75, 3.05) is 24.5 Å². The number of hydrogen-bond acceptors (Lipinski definition) is 3. The summed E-state index contributed by atoms with van der Waals surface area (Å²) in [4.78, 5) is 17.7. The number of hydrogen-bond donors (Lipinski definition) is 1. The minimum atomic E-state index is 0.0607. The van der Waals surface area contributed by atoms with E-state index in [2.05, 4.69) is 38.1 Å². The highest BCUT2D eigenvalue weighted by molar-refractivity contribution is 9.10. The van der Waals surface area contributed by atoms with Crippen LogP contribution in [0.15, 0.2) is 16.7 Å². The highest BCUT2D eigenvalue weighted by Crippen LogP contribution is 2.29. The Balaban J connectivity index is 1.92. The second-order valence-corrected chi connectivity index (χ2v) is 5.93. The maximum atomic E-state index is 10.9. The second kappa shape index (κ2) is 6.37. The molecular weight excluding hydrogens is 306 g/mol. The van der Waals surface area contributed by atoms with Crippen LogP contribution in [0.5, 0.6) is 0 Å². The number of carbonyl (C=O) groups is 1. The molecule has 1 N–H and O–H groups in total. The fourth-order valence-electron chi connectivity index (χ4n) is 2.38. The fourth-order valence-corrected chi connectivity index (χ4v) is 2.87. The zero-order chi connectivity index (χ0) is 13.8. The van der Waals surface area contributed by atoms with Crippen LogP contribution < -0.4 is 10.2 Å². The van der Waals surface area contributed by atoms with Crippen molar-refractivity contribution in [2.45, 2.75) is 26.7 Å². The number of nitrogens with one attached hydrogen (secondary N) is 1. The van der Waals surface area contributed by atoms with Gasteiger partial charge >= 0.3 is 0 Å². The summed E-state index contributed by atoms with van der Waals surface area (Å²) in [5.74, 6) is 1.69. The summed E-state index contributed by atoms with van der Waals surface area (Å²) in [6, 6.07) is 2.01. The Morgan fingerprint density at radius 1 is 1.53 bits per heavy atom. The molecule has 19 heavy (non-hydrogen) atoms. The zero-order valence-electron chi connectivity index (χ0n) is 11.4. The van der Waals surface area contributed by atoms with Gasteiger partial charge in [0.1, 0.15) is 5.82 Å². The van der Waals surface area contributed by atoms with Crippen LogP contribution in [-0.2, 0) is 4.79 Å². The van der Waals surface area contributed by atoms with E-state index in [9.17, 15) is 4.79 Å². The molecule has 1 saturated heterocycles. The Labute approximate surface area is 122 Å². The number of halogens is 1. The van der Waals surface area contributed by atoms with E-state index in [1.54, 1.807) is 6.92 Å². The number of piperidine rings is 1. The first-order valence-corrected chi connectivity index (χ1v) is 7.47. The predicted molar refractivity (Wildman–Crippen MR) is 80.3 cm³/mol. The largest absolute Gasteiger partial charge is 0.356 e. The molecular formula is C14H20BrN3O. The number of anilines is 1. The molecule has 0 saturated carbocycles. The smallest absolute Gasteiger partial charge is 0.216 e. The molecule has 1 aromatic rings. The van der Waals surface area contributed by atoms with E-state index in [-0.39, 0.29) is 5.91 Å². The first-order chi connectivity index (χ1) is 9.08. The van der Waals surface area contributed by atoms with E-state index < -0.39 is 0 Å². The number of pyridine rings is 1. The number of amides is 1. The molecule has 0 bridgehead atoms. The van der Waals surface area contributed by atoms with Gasteiger partial charge in [0.25, 0.3) is 0 Å². The van der Waals surface area contributed by atoms with Crippen molar-refractivity contribution in [3.05, 3.63) is 22.3 Å². The van der Waals surface area contributed by atoms with Gasteiger partial charge in [-0.15, -0.1) is 0 Å². The van der Waals surface area contributed by atoms with Crippen LogP contribution in [-0.4, -0.2) is 30.5 Å². The maximum absolute atomic E-state index is 10.9. The summed E-state index contributed by atoms with van der Waals surface area (Å²) in [6.45, 7) is 6.45. The quantitative estimate of drug-likeness (QED) is 0.928. The molecule has 2 rings (SSSR count). The molecule has 104 valence electrons. The van der Waals surface area contributed by atoms with Crippen molar-refractivity contribution >= 4 is 27.7 Å². The van der Waals surface area contributed by atoms with Gasteiger partial charge < -0.3 is 10.2 Å². The SMILES string of the molecule is CC(=O)NCC1CCN(c2nccc(C)c2Br)CC1. The molecule has 1 aliphatic rings. The van der Waals surface area contributed by atoms with E-state index in [4.69, 9.17) is 0 Å². The average Bonchev–Trinajstić information content (AvgIpc) is 2.40. The summed E-state index contributed by atoms with van der Waals surface area (Å²) in [7, 11) is 0. The van der Waals surface area contributed by atoms with Crippen LogP contribution in [0.25, 0.3) is 0 Å². The van der Waals surface area contributed by atoms with Crippen LogP contribution in [0.1, 0.15) is 25.3 Å². The molecule has 0 aliphatic carbocycles. The fraction of sp³-hybridized carbons (Fsp3) is 0.571. The highest BCUT2D eigenvalue weighted by atomic mass is 79.9. The number of aromatic nitrogens is 1. The second-order valence-electron chi connectivity index (χ2n) is 5.13. The van der Waals surface area contributed by atoms with Gasteiger partial charge in [-0.25, -0.2) is 4.98 Å². The third kappa shape index (κ3) is 3.69. The molecule has 4 nitrogen and oxygen atoms in total. The molecule has 1 aromatic heterocycles. The lowest BCUT2D eigenvalue weighted by Crippen LogP contribution is -2.38. The zero-order valence-corrected chi connectivity index (χ0v) is 13.0. The lowest BCUT2D eigenvalue weighted by atomic mass is 9.96. The normalized spacial score (nSPS) is 16.5. The highest BCUT2D eigenvalue weighted by Gasteiger charge is 2.21. The first kappa shape index (κ1) is 14.3. The van der Waals surface area contributed by atoms with Crippen LogP contribution in [0.3, 0.4) is 0 Å². The minimum Gasteiger partial charge on any atom is -0.356 e. The van der Waals surface area contributed by atoms with Gasteiger partial charge in [0.15, 0.2) is 0 Å². The van der Waals surface area contributed by atoms with Crippen molar-refractivity contribution in [3.8, 4) is 0 Å². The number of aryl methyl sites for hydroxylation is 1. The van der Waals surface area contributed by atoms with Crippen molar-refractivity contribution in [1.82, 2.24) is 10.3 Å². The van der Waals surface area contributed by atoms with Gasteiger partial charge in [-0.05, 0) is 53.2 Å². The van der Waals surface area contributed by atoms with E-state index in [1.165, 1.54) is 5.56 Å². The summed E-state index contributed by atoms with van der Waals surface area (Å²) >= 11 is 3.62. The van der Waals surface area contributed by atoms with Crippen LogP contribution >= 0.6 is 15.9 Å². The molecule has 1 amide bonds. The monoisotopic (exact) mass is 325 g/mol. The summed E-state index contributed by atoms with van der Waals surface area (Å²) in [6.07, 6.45) is 4.06. The summed E-state index contributed by atoms with van der Waals surface area (Å²) < 4.78 is 1.09. The van der Waals surface area contributed by atoms with Gasteiger partial charge in [0.05, 0.1) is 4.47 Å². The number of carbonyl (C=O) groups excluding carboxylic acids is 1. The van der Waals surface area contributed by atoms with E-state index >= 15 is 0 Å². The lowest BCUT2D eigenvalue weighted by molar-refractivity contribution is -0.119. The summed E-state index contributed by atoms with van der Waals surface area (Å²) in [5.41, 5.74) is 1.21. The average molecular weight is 326 g/mol. The number of rotatable bonds is 3. The minimum absolute atomic E-state index is 0.0607. The summed E-state index contributed by atoms with van der Waals surface area (Å²) in [5, 5.41) is 2.91.